The topological polar surface area (TPSA) is 89.7 Å². The Bertz CT molecular complexity index is 1180. The van der Waals surface area contributed by atoms with Gasteiger partial charge in [0, 0.05) is 25.4 Å². The third-order valence-corrected chi connectivity index (χ3v) is 6.70. The van der Waals surface area contributed by atoms with Crippen molar-refractivity contribution in [3.63, 3.8) is 0 Å². The van der Waals surface area contributed by atoms with Gasteiger partial charge in [-0.25, -0.2) is 8.42 Å². The monoisotopic (exact) mass is 528 g/mol. The minimum absolute atomic E-state index is 0.110. The molecule has 1 saturated heterocycles. The highest BCUT2D eigenvalue weighted by atomic mass is 32.2. The summed E-state index contributed by atoms with van der Waals surface area (Å²) in [5.41, 5.74) is -0.212. The molecule has 1 aromatic carbocycles. The van der Waals surface area contributed by atoms with Crippen LogP contribution in [0.25, 0.3) is 0 Å². The molecule has 194 valence electrons. The summed E-state index contributed by atoms with van der Waals surface area (Å²) in [6.07, 6.45) is -9.63. The SMILES string of the molecule is C[C@@H](Oc1ccc(S(C)(=O)=O)cc1C(=O)N1CCC(CCc2cc(C(F)(F)F)on2)C1)C(F)(F)F. The number of carbonyl (C=O) groups excluding carboxylic acids is 1. The molecule has 0 spiro atoms. The number of ether oxygens (including phenoxy) is 1. The van der Waals surface area contributed by atoms with E-state index in [1.807, 2.05) is 0 Å². The molecule has 35 heavy (non-hydrogen) atoms. The molecule has 7 nitrogen and oxygen atoms in total. The second-order valence-electron chi connectivity index (χ2n) is 8.36. The largest absolute Gasteiger partial charge is 0.480 e. The molecule has 0 N–H and O–H groups in total. The van der Waals surface area contributed by atoms with Crippen LogP contribution in [0.15, 0.2) is 33.7 Å². The average Bonchev–Trinajstić information content (AvgIpc) is 3.40. The number of rotatable bonds is 7. The Morgan fingerprint density at radius 1 is 1.23 bits per heavy atom. The molecular weight excluding hydrogens is 506 g/mol. The average molecular weight is 528 g/mol. The van der Waals surface area contributed by atoms with Crippen molar-refractivity contribution in [1.82, 2.24) is 10.1 Å². The summed E-state index contributed by atoms with van der Waals surface area (Å²) in [5.74, 6) is -2.43. The lowest BCUT2D eigenvalue weighted by Crippen LogP contribution is -2.33. The Balaban J connectivity index is 1.73. The second-order valence-corrected chi connectivity index (χ2v) is 10.4. The van der Waals surface area contributed by atoms with Crippen LogP contribution in [0.4, 0.5) is 26.3 Å². The molecule has 3 rings (SSSR count). The third kappa shape index (κ3) is 6.67. The number of aryl methyl sites for hydroxylation is 1. The quantitative estimate of drug-likeness (QED) is 0.491. The first-order chi connectivity index (χ1) is 16.1. The van der Waals surface area contributed by atoms with Gasteiger partial charge in [-0.3, -0.25) is 4.79 Å². The number of carbonyl (C=O) groups is 1. The summed E-state index contributed by atoms with van der Waals surface area (Å²) < 4.78 is 110. The molecule has 0 radical (unpaired) electrons. The van der Waals surface area contributed by atoms with Crippen molar-refractivity contribution in [2.24, 2.45) is 5.92 Å². The van der Waals surface area contributed by atoms with Crippen LogP contribution in [0.3, 0.4) is 0 Å². The highest BCUT2D eigenvalue weighted by Gasteiger charge is 2.39. The minimum Gasteiger partial charge on any atom is -0.480 e. The molecule has 0 aliphatic carbocycles. The van der Waals surface area contributed by atoms with E-state index in [0.29, 0.717) is 12.8 Å². The zero-order valence-electron chi connectivity index (χ0n) is 18.6. The molecule has 1 aliphatic rings. The van der Waals surface area contributed by atoms with E-state index in [2.05, 4.69) is 9.68 Å². The zero-order valence-corrected chi connectivity index (χ0v) is 19.4. The predicted octanol–water partition coefficient (Wildman–Crippen LogP) is 4.52. The van der Waals surface area contributed by atoms with Gasteiger partial charge in [0.25, 0.3) is 5.91 Å². The first-order valence-corrected chi connectivity index (χ1v) is 12.3. The first kappa shape index (κ1) is 26.8. The summed E-state index contributed by atoms with van der Waals surface area (Å²) in [5, 5.41) is 3.40. The van der Waals surface area contributed by atoms with Crippen LogP contribution in [0.2, 0.25) is 0 Å². The fraction of sp³-hybridized carbons (Fsp3) is 0.524. The van der Waals surface area contributed by atoms with Crippen molar-refractivity contribution >= 4 is 15.7 Å². The Morgan fingerprint density at radius 3 is 2.49 bits per heavy atom. The molecule has 2 aromatic rings. The Kier molecular flexibility index (Phi) is 7.44. The molecule has 0 bridgehead atoms. The number of sulfone groups is 1. The predicted molar refractivity (Wildman–Crippen MR) is 110 cm³/mol. The van der Waals surface area contributed by atoms with Crippen LogP contribution in [-0.4, -0.2) is 56.0 Å². The smallest absolute Gasteiger partial charge is 0.452 e. The maximum absolute atomic E-state index is 13.1. The van der Waals surface area contributed by atoms with Gasteiger partial charge in [-0.15, -0.1) is 0 Å². The minimum atomic E-state index is -4.71. The fourth-order valence-corrected chi connectivity index (χ4v) is 4.25. The van der Waals surface area contributed by atoms with E-state index in [9.17, 15) is 39.6 Å². The van der Waals surface area contributed by atoms with Crippen LogP contribution in [0.5, 0.6) is 5.75 Å². The summed E-state index contributed by atoms with van der Waals surface area (Å²) >= 11 is 0. The highest BCUT2D eigenvalue weighted by molar-refractivity contribution is 7.90. The van der Waals surface area contributed by atoms with Gasteiger partial charge in [0.1, 0.15) is 5.75 Å². The van der Waals surface area contributed by atoms with Crippen molar-refractivity contribution in [2.45, 2.75) is 49.5 Å². The van der Waals surface area contributed by atoms with Gasteiger partial charge < -0.3 is 14.2 Å². The zero-order chi connectivity index (χ0) is 26.2. The van der Waals surface area contributed by atoms with Crippen LogP contribution in [-0.2, 0) is 22.4 Å². The van der Waals surface area contributed by atoms with Crippen molar-refractivity contribution in [3.05, 3.63) is 41.3 Å². The van der Waals surface area contributed by atoms with E-state index < -0.39 is 45.7 Å². The van der Waals surface area contributed by atoms with Crippen LogP contribution in [0, 0.1) is 5.92 Å². The van der Waals surface area contributed by atoms with Gasteiger partial charge in [0.05, 0.1) is 16.2 Å². The normalized spacial score (nSPS) is 18.1. The highest BCUT2D eigenvalue weighted by Crippen LogP contribution is 2.33. The van der Waals surface area contributed by atoms with Crippen molar-refractivity contribution in [3.8, 4) is 5.75 Å². The molecule has 1 aromatic heterocycles. The van der Waals surface area contributed by atoms with E-state index in [0.717, 1.165) is 37.4 Å². The Morgan fingerprint density at radius 2 is 1.91 bits per heavy atom. The van der Waals surface area contributed by atoms with Crippen LogP contribution in [0.1, 0.15) is 41.6 Å². The lowest BCUT2D eigenvalue weighted by Gasteiger charge is -2.22. The number of likely N-dealkylation sites (tertiary alicyclic amines) is 1. The van der Waals surface area contributed by atoms with Gasteiger partial charge in [0.2, 0.25) is 5.76 Å². The lowest BCUT2D eigenvalue weighted by molar-refractivity contribution is -0.189. The lowest BCUT2D eigenvalue weighted by atomic mass is 10.0. The number of hydrogen-bond acceptors (Lipinski definition) is 6. The maximum Gasteiger partial charge on any atom is 0.452 e. The number of alkyl halides is 6. The van der Waals surface area contributed by atoms with Gasteiger partial charge in [0.15, 0.2) is 15.9 Å². The first-order valence-electron chi connectivity index (χ1n) is 10.4. The molecule has 1 unspecified atom stereocenters. The molecule has 0 saturated carbocycles. The fourth-order valence-electron chi connectivity index (χ4n) is 3.61. The van der Waals surface area contributed by atoms with Gasteiger partial charge in [-0.05, 0) is 50.3 Å². The van der Waals surface area contributed by atoms with E-state index in [1.165, 1.54) is 4.90 Å². The number of benzene rings is 1. The van der Waals surface area contributed by atoms with Crippen LogP contribution < -0.4 is 4.74 Å². The molecule has 1 amide bonds. The van der Waals surface area contributed by atoms with Gasteiger partial charge in [-0.2, -0.15) is 26.3 Å². The van der Waals surface area contributed by atoms with E-state index in [-0.39, 0.29) is 41.6 Å². The summed E-state index contributed by atoms with van der Waals surface area (Å²) in [7, 11) is -3.76. The second kappa shape index (κ2) is 9.70. The molecule has 2 heterocycles. The third-order valence-electron chi connectivity index (χ3n) is 5.59. The van der Waals surface area contributed by atoms with E-state index >= 15 is 0 Å². The number of amides is 1. The van der Waals surface area contributed by atoms with Gasteiger partial charge in [-0.1, -0.05) is 5.16 Å². The molecule has 1 fully saturated rings. The number of nitrogens with zero attached hydrogens (tertiary/aromatic N) is 2. The molecular formula is C21H22F6N2O5S. The van der Waals surface area contributed by atoms with E-state index in [1.54, 1.807) is 0 Å². The van der Waals surface area contributed by atoms with Crippen molar-refractivity contribution < 1.29 is 48.8 Å². The molecule has 14 heteroatoms. The van der Waals surface area contributed by atoms with E-state index in [4.69, 9.17) is 4.74 Å². The number of hydrogen-bond donors (Lipinski definition) is 0. The van der Waals surface area contributed by atoms with Crippen LogP contribution >= 0.6 is 0 Å². The van der Waals surface area contributed by atoms with Crippen molar-refractivity contribution in [2.75, 3.05) is 19.3 Å². The number of halogens is 6. The van der Waals surface area contributed by atoms with Crippen molar-refractivity contribution in [1.29, 1.82) is 0 Å². The summed E-state index contributed by atoms with van der Waals surface area (Å²) in [4.78, 5) is 14.2. The molecule has 2 atom stereocenters. The maximum atomic E-state index is 13.1. The molecule has 1 aliphatic heterocycles. The Hall–Kier alpha value is -2.77. The standard InChI is InChI=1S/C21H22F6N2O5S/c1-12(20(22,23)24)33-17-6-5-15(35(2,31)32)10-16(17)19(30)29-8-7-13(11-29)3-4-14-9-18(34-28-14)21(25,26)27/h5-6,9-10,12-13H,3-4,7-8,11H2,1-2H3/t12-,13?/m1/s1. The summed E-state index contributed by atoms with van der Waals surface area (Å²) in [6.45, 7) is 1.17. The summed E-state index contributed by atoms with van der Waals surface area (Å²) in [6, 6.07) is 3.87. The van der Waals surface area contributed by atoms with Gasteiger partial charge >= 0.3 is 12.4 Å². The number of aromatic nitrogens is 1. The Labute approximate surface area is 196 Å².